The third-order valence-electron chi connectivity index (χ3n) is 1.92. The predicted octanol–water partition coefficient (Wildman–Crippen LogP) is 2.26. The number of aliphatic carboxylic acids is 1. The first kappa shape index (κ1) is 12.1. The molecule has 0 bridgehead atoms. The molecule has 84 valence electrons. The van der Waals surface area contributed by atoms with Crippen LogP contribution in [0, 0.1) is 0 Å². The van der Waals surface area contributed by atoms with Gasteiger partial charge in [-0.1, -0.05) is 6.92 Å². The number of ether oxygens (including phenoxy) is 1. The van der Waals surface area contributed by atoms with E-state index in [4.69, 9.17) is 9.84 Å². The lowest BCUT2D eigenvalue weighted by molar-refractivity contribution is -0.136. The predicted molar refractivity (Wildman–Crippen MR) is 58.1 cm³/mol. The van der Waals surface area contributed by atoms with Gasteiger partial charge in [0.2, 0.25) is 0 Å². The van der Waals surface area contributed by atoms with Crippen molar-refractivity contribution in [2.75, 3.05) is 6.61 Å². The number of thiazole rings is 1. The van der Waals surface area contributed by atoms with Crippen LogP contribution >= 0.6 is 11.3 Å². The maximum atomic E-state index is 10.5. The van der Waals surface area contributed by atoms with Crippen LogP contribution in [0.15, 0.2) is 5.38 Å². The molecule has 0 aliphatic carbocycles. The van der Waals surface area contributed by atoms with Crippen LogP contribution in [0.3, 0.4) is 0 Å². The van der Waals surface area contributed by atoms with Crippen LogP contribution in [0.4, 0.5) is 0 Å². The number of rotatable bonds is 6. The van der Waals surface area contributed by atoms with Crippen molar-refractivity contribution in [2.45, 2.75) is 32.8 Å². The standard InChI is InChI=1S/C10H15NO3S/c1-3-8(14-4-2)10-11-7(6-15-10)5-9(12)13/h6,8H,3-5H2,1-2H3,(H,12,13). The van der Waals surface area contributed by atoms with E-state index in [9.17, 15) is 4.79 Å². The van der Waals surface area contributed by atoms with Gasteiger partial charge in [0.25, 0.3) is 0 Å². The number of hydrogen-bond donors (Lipinski definition) is 1. The highest BCUT2D eigenvalue weighted by Gasteiger charge is 2.14. The summed E-state index contributed by atoms with van der Waals surface area (Å²) in [6.07, 6.45) is 0.843. The van der Waals surface area contributed by atoms with Gasteiger partial charge in [0, 0.05) is 12.0 Å². The van der Waals surface area contributed by atoms with Crippen molar-refractivity contribution in [3.63, 3.8) is 0 Å². The molecule has 1 N–H and O–H groups in total. The maximum Gasteiger partial charge on any atom is 0.309 e. The highest BCUT2D eigenvalue weighted by atomic mass is 32.1. The minimum Gasteiger partial charge on any atom is -0.481 e. The molecule has 1 rings (SSSR count). The Morgan fingerprint density at radius 2 is 2.40 bits per heavy atom. The second-order valence-electron chi connectivity index (χ2n) is 3.10. The van der Waals surface area contributed by atoms with Crippen molar-refractivity contribution in [1.29, 1.82) is 0 Å². The minimum atomic E-state index is -0.851. The van der Waals surface area contributed by atoms with E-state index in [2.05, 4.69) is 4.98 Å². The smallest absolute Gasteiger partial charge is 0.309 e. The summed E-state index contributed by atoms with van der Waals surface area (Å²) in [6.45, 7) is 4.61. The Labute approximate surface area is 92.9 Å². The average Bonchev–Trinajstić information content (AvgIpc) is 2.61. The molecule has 1 unspecified atom stereocenters. The van der Waals surface area contributed by atoms with Crippen molar-refractivity contribution in [3.8, 4) is 0 Å². The molecule has 1 atom stereocenters. The molecule has 15 heavy (non-hydrogen) atoms. The monoisotopic (exact) mass is 229 g/mol. The SMILES string of the molecule is CCOC(CC)c1nc(CC(=O)O)cs1. The lowest BCUT2D eigenvalue weighted by Gasteiger charge is -2.10. The van der Waals surface area contributed by atoms with E-state index >= 15 is 0 Å². The van der Waals surface area contributed by atoms with E-state index in [-0.39, 0.29) is 12.5 Å². The topological polar surface area (TPSA) is 59.4 Å². The summed E-state index contributed by atoms with van der Waals surface area (Å²) >= 11 is 1.46. The summed E-state index contributed by atoms with van der Waals surface area (Å²) in [6, 6.07) is 0. The highest BCUT2D eigenvalue weighted by molar-refractivity contribution is 7.09. The van der Waals surface area contributed by atoms with Gasteiger partial charge in [-0.2, -0.15) is 0 Å². The van der Waals surface area contributed by atoms with E-state index in [1.54, 1.807) is 5.38 Å². The summed E-state index contributed by atoms with van der Waals surface area (Å²) in [4.78, 5) is 14.7. The molecule has 0 aliphatic rings. The van der Waals surface area contributed by atoms with E-state index in [0.717, 1.165) is 11.4 Å². The van der Waals surface area contributed by atoms with Crippen LogP contribution in [-0.4, -0.2) is 22.7 Å². The Kier molecular flexibility index (Phi) is 4.71. The van der Waals surface area contributed by atoms with Gasteiger partial charge in [0.15, 0.2) is 0 Å². The summed E-state index contributed by atoms with van der Waals surface area (Å²) in [7, 11) is 0. The molecule has 0 saturated heterocycles. The Bertz CT molecular complexity index is 324. The molecular formula is C10H15NO3S. The molecule has 5 heteroatoms. The zero-order valence-electron chi connectivity index (χ0n) is 8.90. The molecule has 1 heterocycles. The van der Waals surface area contributed by atoms with Crippen molar-refractivity contribution in [2.24, 2.45) is 0 Å². The number of carboxylic acid groups (broad SMARTS) is 1. The summed E-state index contributed by atoms with van der Waals surface area (Å²) in [5.74, 6) is -0.851. The molecule has 0 spiro atoms. The van der Waals surface area contributed by atoms with Gasteiger partial charge in [0.05, 0.1) is 12.1 Å². The Balaban J connectivity index is 2.68. The fourth-order valence-corrected chi connectivity index (χ4v) is 2.22. The molecule has 0 fully saturated rings. The third-order valence-corrected chi connectivity index (χ3v) is 2.90. The first-order valence-electron chi connectivity index (χ1n) is 4.95. The van der Waals surface area contributed by atoms with Gasteiger partial charge in [-0.05, 0) is 13.3 Å². The quantitative estimate of drug-likeness (QED) is 0.812. The van der Waals surface area contributed by atoms with Crippen LogP contribution in [0.25, 0.3) is 0 Å². The first-order valence-corrected chi connectivity index (χ1v) is 5.83. The van der Waals surface area contributed by atoms with Crippen LogP contribution in [0.1, 0.15) is 37.1 Å². The number of nitrogens with zero attached hydrogens (tertiary/aromatic N) is 1. The molecule has 0 saturated carbocycles. The summed E-state index contributed by atoms with van der Waals surface area (Å²) in [5.41, 5.74) is 0.612. The maximum absolute atomic E-state index is 10.5. The van der Waals surface area contributed by atoms with Crippen molar-refractivity contribution >= 4 is 17.3 Å². The lowest BCUT2D eigenvalue weighted by Crippen LogP contribution is -2.04. The minimum absolute atomic E-state index is 0.00236. The molecule has 0 aliphatic heterocycles. The van der Waals surface area contributed by atoms with E-state index in [1.807, 2.05) is 13.8 Å². The molecule has 1 aromatic heterocycles. The van der Waals surface area contributed by atoms with Gasteiger partial charge in [-0.3, -0.25) is 4.79 Å². The van der Waals surface area contributed by atoms with E-state index in [1.165, 1.54) is 11.3 Å². The number of carboxylic acids is 1. The second-order valence-corrected chi connectivity index (χ2v) is 3.99. The van der Waals surface area contributed by atoms with Gasteiger partial charge in [-0.25, -0.2) is 4.98 Å². The zero-order chi connectivity index (χ0) is 11.3. The molecule has 0 radical (unpaired) electrons. The van der Waals surface area contributed by atoms with Gasteiger partial charge < -0.3 is 9.84 Å². The number of hydrogen-bond acceptors (Lipinski definition) is 4. The number of aromatic nitrogens is 1. The van der Waals surface area contributed by atoms with Crippen molar-refractivity contribution < 1.29 is 14.6 Å². The van der Waals surface area contributed by atoms with Crippen LogP contribution in [-0.2, 0) is 16.0 Å². The third kappa shape index (κ3) is 3.60. The molecule has 0 aromatic carbocycles. The van der Waals surface area contributed by atoms with E-state index < -0.39 is 5.97 Å². The molecule has 4 nitrogen and oxygen atoms in total. The Morgan fingerprint density at radius 3 is 2.93 bits per heavy atom. The number of carbonyl (C=O) groups is 1. The molecular weight excluding hydrogens is 214 g/mol. The normalized spacial score (nSPS) is 12.7. The van der Waals surface area contributed by atoms with Crippen LogP contribution < -0.4 is 0 Å². The second kappa shape index (κ2) is 5.82. The average molecular weight is 229 g/mol. The molecule has 1 aromatic rings. The van der Waals surface area contributed by atoms with Gasteiger partial charge in [0.1, 0.15) is 11.1 Å². The fourth-order valence-electron chi connectivity index (χ4n) is 1.27. The van der Waals surface area contributed by atoms with Gasteiger partial charge >= 0.3 is 5.97 Å². The Hall–Kier alpha value is -0.940. The van der Waals surface area contributed by atoms with Crippen molar-refractivity contribution in [1.82, 2.24) is 4.98 Å². The zero-order valence-corrected chi connectivity index (χ0v) is 9.71. The largest absolute Gasteiger partial charge is 0.481 e. The Morgan fingerprint density at radius 1 is 1.67 bits per heavy atom. The van der Waals surface area contributed by atoms with Gasteiger partial charge in [-0.15, -0.1) is 11.3 Å². The first-order chi connectivity index (χ1) is 7.17. The summed E-state index contributed by atoms with van der Waals surface area (Å²) < 4.78 is 5.50. The highest BCUT2D eigenvalue weighted by Crippen LogP contribution is 2.24. The summed E-state index contributed by atoms with van der Waals surface area (Å²) in [5, 5.41) is 11.3. The molecule has 0 amide bonds. The fraction of sp³-hybridized carbons (Fsp3) is 0.600. The van der Waals surface area contributed by atoms with Crippen LogP contribution in [0.5, 0.6) is 0 Å². The van der Waals surface area contributed by atoms with Crippen LogP contribution in [0.2, 0.25) is 0 Å². The van der Waals surface area contributed by atoms with Crippen molar-refractivity contribution in [3.05, 3.63) is 16.1 Å². The lowest BCUT2D eigenvalue weighted by atomic mass is 10.3. The van der Waals surface area contributed by atoms with E-state index in [0.29, 0.717) is 12.3 Å².